The molecule has 4 heteroatoms. The molecule has 4 rings (SSSR count). The van der Waals surface area contributed by atoms with E-state index in [0.29, 0.717) is 6.10 Å². The highest BCUT2D eigenvalue weighted by Gasteiger charge is 2.45. The number of benzene rings is 1. The molecule has 2 N–H and O–H groups in total. The Bertz CT molecular complexity index is 527. The van der Waals surface area contributed by atoms with E-state index in [1.165, 1.54) is 5.56 Å². The minimum absolute atomic E-state index is 0.0432. The predicted molar refractivity (Wildman–Crippen MR) is 80.2 cm³/mol. The van der Waals surface area contributed by atoms with Crippen molar-refractivity contribution in [3.05, 3.63) is 35.9 Å². The summed E-state index contributed by atoms with van der Waals surface area (Å²) in [4.78, 5) is 12.1. The van der Waals surface area contributed by atoms with Crippen LogP contribution in [0.5, 0.6) is 0 Å². The van der Waals surface area contributed by atoms with E-state index < -0.39 is 0 Å². The number of urea groups is 1. The number of carbonyl (C=O) groups is 1. The van der Waals surface area contributed by atoms with E-state index in [0.717, 1.165) is 38.6 Å². The number of rotatable bonds is 4. The van der Waals surface area contributed by atoms with Gasteiger partial charge in [0.15, 0.2) is 0 Å². The van der Waals surface area contributed by atoms with Gasteiger partial charge < -0.3 is 15.4 Å². The number of ether oxygens (including phenoxy) is 1. The van der Waals surface area contributed by atoms with Crippen LogP contribution in [0.1, 0.15) is 37.7 Å². The molecule has 1 aromatic carbocycles. The Morgan fingerprint density at radius 2 is 2.05 bits per heavy atom. The first-order valence-electron chi connectivity index (χ1n) is 8.01. The molecule has 2 amide bonds. The minimum Gasteiger partial charge on any atom is -0.373 e. The van der Waals surface area contributed by atoms with E-state index in [2.05, 4.69) is 34.9 Å². The van der Waals surface area contributed by atoms with Crippen LogP contribution in [0.4, 0.5) is 4.79 Å². The molecule has 2 heterocycles. The maximum Gasteiger partial charge on any atom is 0.315 e. The quantitative estimate of drug-likeness (QED) is 0.892. The van der Waals surface area contributed by atoms with Crippen LogP contribution in [0, 0.1) is 0 Å². The first kappa shape index (κ1) is 13.1. The molecular weight excluding hydrogens is 264 g/mol. The van der Waals surface area contributed by atoms with Crippen molar-refractivity contribution < 1.29 is 9.53 Å². The Labute approximate surface area is 125 Å². The second kappa shape index (κ2) is 5.02. The molecule has 3 fully saturated rings. The molecule has 4 nitrogen and oxygen atoms in total. The Morgan fingerprint density at radius 1 is 1.24 bits per heavy atom. The fourth-order valence-corrected chi connectivity index (χ4v) is 3.77. The van der Waals surface area contributed by atoms with Crippen molar-refractivity contribution in [1.82, 2.24) is 10.6 Å². The fourth-order valence-electron chi connectivity index (χ4n) is 3.77. The van der Waals surface area contributed by atoms with Crippen molar-refractivity contribution in [1.29, 1.82) is 0 Å². The molecule has 2 saturated heterocycles. The first-order chi connectivity index (χ1) is 10.3. The van der Waals surface area contributed by atoms with E-state index in [1.807, 2.05) is 6.07 Å². The van der Waals surface area contributed by atoms with Crippen LogP contribution in [0.3, 0.4) is 0 Å². The van der Waals surface area contributed by atoms with Crippen molar-refractivity contribution in [2.24, 2.45) is 0 Å². The summed E-state index contributed by atoms with van der Waals surface area (Å²) in [6.07, 6.45) is 6.15. The van der Waals surface area contributed by atoms with Crippen LogP contribution in [0.2, 0.25) is 0 Å². The number of nitrogens with one attached hydrogen (secondary N) is 2. The molecule has 2 aliphatic heterocycles. The fraction of sp³-hybridized carbons (Fsp3) is 0.588. The molecule has 0 radical (unpaired) electrons. The highest BCUT2D eigenvalue weighted by Crippen LogP contribution is 2.47. The number of hydrogen-bond donors (Lipinski definition) is 2. The third-order valence-electron chi connectivity index (χ3n) is 5.25. The Kier molecular flexibility index (Phi) is 3.14. The predicted octanol–water partition coefficient (Wildman–Crippen LogP) is 2.34. The van der Waals surface area contributed by atoms with Gasteiger partial charge in [-0.2, -0.15) is 0 Å². The van der Waals surface area contributed by atoms with Gasteiger partial charge in [0, 0.05) is 12.0 Å². The van der Waals surface area contributed by atoms with Crippen molar-refractivity contribution in [2.45, 2.75) is 55.8 Å². The van der Waals surface area contributed by atoms with Crippen LogP contribution in [-0.4, -0.2) is 30.8 Å². The molecule has 0 unspecified atom stereocenters. The zero-order chi connectivity index (χ0) is 14.3. The van der Waals surface area contributed by atoms with Crippen LogP contribution in [-0.2, 0) is 10.2 Å². The van der Waals surface area contributed by atoms with Gasteiger partial charge in [0.25, 0.3) is 0 Å². The second-order valence-corrected chi connectivity index (χ2v) is 6.69. The lowest BCUT2D eigenvalue weighted by atomic mass is 9.95. The van der Waals surface area contributed by atoms with Crippen molar-refractivity contribution in [3.8, 4) is 0 Å². The molecule has 1 aliphatic carbocycles. The van der Waals surface area contributed by atoms with Gasteiger partial charge in [-0.05, 0) is 37.7 Å². The average molecular weight is 286 g/mol. The summed E-state index contributed by atoms with van der Waals surface area (Å²) in [7, 11) is 0. The lowest BCUT2D eigenvalue weighted by Crippen LogP contribution is -2.48. The van der Waals surface area contributed by atoms with Crippen LogP contribution < -0.4 is 10.6 Å². The molecule has 21 heavy (non-hydrogen) atoms. The normalized spacial score (nSPS) is 31.9. The van der Waals surface area contributed by atoms with Gasteiger partial charge in [-0.25, -0.2) is 4.79 Å². The van der Waals surface area contributed by atoms with Crippen LogP contribution in [0.15, 0.2) is 30.3 Å². The van der Waals surface area contributed by atoms with Crippen LogP contribution in [0.25, 0.3) is 0 Å². The number of carbonyl (C=O) groups excluding carboxylic acids is 1. The maximum atomic E-state index is 12.1. The van der Waals surface area contributed by atoms with E-state index in [4.69, 9.17) is 4.74 Å². The van der Waals surface area contributed by atoms with Gasteiger partial charge >= 0.3 is 6.03 Å². The van der Waals surface area contributed by atoms with Gasteiger partial charge in [0.2, 0.25) is 0 Å². The first-order valence-corrected chi connectivity index (χ1v) is 8.01. The molecule has 1 aromatic rings. The molecule has 112 valence electrons. The van der Waals surface area contributed by atoms with E-state index >= 15 is 0 Å². The maximum absolute atomic E-state index is 12.1. The summed E-state index contributed by atoms with van der Waals surface area (Å²) in [6, 6.07) is 10.7. The summed E-state index contributed by atoms with van der Waals surface area (Å²) in [5, 5.41) is 6.15. The van der Waals surface area contributed by atoms with E-state index in [9.17, 15) is 4.79 Å². The Balaban J connectivity index is 1.30. The highest BCUT2D eigenvalue weighted by atomic mass is 16.5. The summed E-state index contributed by atoms with van der Waals surface area (Å²) >= 11 is 0. The van der Waals surface area contributed by atoms with Gasteiger partial charge in [-0.3, -0.25) is 0 Å². The number of hydrogen-bond acceptors (Lipinski definition) is 2. The van der Waals surface area contributed by atoms with Gasteiger partial charge in [-0.1, -0.05) is 30.3 Å². The highest BCUT2D eigenvalue weighted by molar-refractivity contribution is 5.74. The summed E-state index contributed by atoms with van der Waals surface area (Å²) in [5.74, 6) is 0. The van der Waals surface area contributed by atoms with Gasteiger partial charge in [0.05, 0.1) is 18.2 Å². The third-order valence-corrected chi connectivity index (χ3v) is 5.25. The molecule has 0 spiro atoms. The van der Waals surface area contributed by atoms with Gasteiger partial charge in [-0.15, -0.1) is 0 Å². The van der Waals surface area contributed by atoms with E-state index in [1.54, 1.807) is 0 Å². The zero-order valence-corrected chi connectivity index (χ0v) is 12.2. The average Bonchev–Trinajstić information content (AvgIpc) is 3.03. The summed E-state index contributed by atoms with van der Waals surface area (Å²) in [6.45, 7) is 0.727. The minimum atomic E-state index is -0.0432. The lowest BCUT2D eigenvalue weighted by molar-refractivity contribution is 0.0981. The monoisotopic (exact) mass is 286 g/mol. The molecule has 2 bridgehead atoms. The summed E-state index contributed by atoms with van der Waals surface area (Å²) < 4.78 is 5.77. The van der Waals surface area contributed by atoms with Gasteiger partial charge in [0.1, 0.15) is 0 Å². The van der Waals surface area contributed by atoms with Crippen molar-refractivity contribution >= 4 is 6.03 Å². The van der Waals surface area contributed by atoms with Crippen LogP contribution >= 0.6 is 0 Å². The second-order valence-electron chi connectivity index (χ2n) is 6.69. The number of amides is 2. The number of fused-ring (bicyclic) bond motifs is 2. The lowest BCUT2D eigenvalue weighted by Gasteiger charge is -2.22. The summed E-state index contributed by atoms with van der Waals surface area (Å²) in [5.41, 5.74) is 1.51. The zero-order valence-electron chi connectivity index (χ0n) is 12.2. The molecule has 1 saturated carbocycles. The Morgan fingerprint density at radius 3 is 2.67 bits per heavy atom. The largest absolute Gasteiger partial charge is 0.373 e. The molecule has 3 atom stereocenters. The van der Waals surface area contributed by atoms with Crippen molar-refractivity contribution in [2.75, 3.05) is 6.54 Å². The molecule has 3 aliphatic rings. The smallest absolute Gasteiger partial charge is 0.315 e. The SMILES string of the molecule is O=C(NCC1(c2ccccc2)CC1)N[C@H]1C[C@H]2CC[C@H]1O2. The topological polar surface area (TPSA) is 50.4 Å². The molecule has 0 aromatic heterocycles. The standard InChI is InChI=1S/C17H22N2O2/c20-16(19-14-10-13-6-7-15(14)21-13)18-11-17(8-9-17)12-4-2-1-3-5-12/h1-5,13-15H,6-11H2,(H2,18,19,20)/t13-,14+,15-/m1/s1. The molecular formula is C17H22N2O2. The van der Waals surface area contributed by atoms with E-state index in [-0.39, 0.29) is 23.6 Å². The Hall–Kier alpha value is -1.55. The van der Waals surface area contributed by atoms with Crippen molar-refractivity contribution in [3.63, 3.8) is 0 Å². The third kappa shape index (κ3) is 2.53.